The summed E-state index contributed by atoms with van der Waals surface area (Å²) in [7, 11) is 0. The van der Waals surface area contributed by atoms with Crippen molar-refractivity contribution in [2.45, 2.75) is 30.8 Å². The molecule has 0 spiro atoms. The first kappa shape index (κ1) is 23.1. The van der Waals surface area contributed by atoms with Gasteiger partial charge >= 0.3 is 0 Å². The van der Waals surface area contributed by atoms with E-state index in [0.29, 0.717) is 40.2 Å². The lowest BCUT2D eigenvalue weighted by Crippen LogP contribution is -2.22. The van der Waals surface area contributed by atoms with Crippen LogP contribution in [0.5, 0.6) is 11.5 Å². The molecule has 0 saturated heterocycles. The molecule has 1 heterocycles. The van der Waals surface area contributed by atoms with Crippen molar-refractivity contribution in [3.63, 3.8) is 0 Å². The van der Waals surface area contributed by atoms with E-state index in [-0.39, 0.29) is 12.0 Å². The number of hydrogen-bond acceptors (Lipinski definition) is 6. The first-order valence-corrected chi connectivity index (χ1v) is 11.0. The Morgan fingerprint density at radius 1 is 1.10 bits per heavy atom. The number of benzene rings is 2. The fraction of sp³-hybridized carbons (Fsp3) is 0.261. The highest BCUT2D eigenvalue weighted by molar-refractivity contribution is 7.99. The maximum absolute atomic E-state index is 11.7. The number of thioether (sulfide) groups is 1. The van der Waals surface area contributed by atoms with Crippen molar-refractivity contribution in [2.75, 3.05) is 13.2 Å². The lowest BCUT2D eigenvalue weighted by molar-refractivity contribution is 0.0956. The summed E-state index contributed by atoms with van der Waals surface area (Å²) in [5.74, 6) is 1.17. The van der Waals surface area contributed by atoms with Gasteiger partial charge in [-0.05, 0) is 61.9 Å². The van der Waals surface area contributed by atoms with Gasteiger partial charge in [0.1, 0.15) is 18.1 Å². The van der Waals surface area contributed by atoms with Crippen LogP contribution in [-0.2, 0) is 11.3 Å². The molecule has 0 radical (unpaired) electrons. The molecular weight excluding hydrogens is 438 g/mol. The molecule has 8 heteroatoms. The van der Waals surface area contributed by atoms with E-state index in [1.165, 1.54) is 17.8 Å². The van der Waals surface area contributed by atoms with E-state index in [1.54, 1.807) is 25.1 Å². The second-order valence-corrected chi connectivity index (χ2v) is 8.39. The largest absolute Gasteiger partial charge is 0.487 e. The van der Waals surface area contributed by atoms with Crippen LogP contribution in [-0.4, -0.2) is 28.6 Å². The van der Waals surface area contributed by atoms with Crippen molar-refractivity contribution < 1.29 is 19.4 Å². The molecule has 31 heavy (non-hydrogen) atoms. The monoisotopic (exact) mass is 461 g/mol. The van der Waals surface area contributed by atoms with Crippen molar-refractivity contribution in [3.8, 4) is 11.5 Å². The Hall–Kier alpha value is -2.61. The Kier molecular flexibility index (Phi) is 8.28. The molecule has 0 fully saturated rings. The zero-order valence-electron chi connectivity index (χ0n) is 17.3. The number of aromatic nitrogens is 1. The van der Waals surface area contributed by atoms with Gasteiger partial charge in [0.05, 0.1) is 12.3 Å². The Morgan fingerprint density at radius 2 is 1.84 bits per heavy atom. The summed E-state index contributed by atoms with van der Waals surface area (Å²) in [6, 6.07) is 17.8. The van der Waals surface area contributed by atoms with Crippen LogP contribution in [0.25, 0.3) is 0 Å². The van der Waals surface area contributed by atoms with Gasteiger partial charge in [0.25, 0.3) is 5.56 Å². The van der Waals surface area contributed by atoms with Crippen LogP contribution >= 0.6 is 23.4 Å². The Balaban J connectivity index is 1.68. The summed E-state index contributed by atoms with van der Waals surface area (Å²) in [5.41, 5.74) is 0.359. The molecule has 3 aromatic rings. The second kappa shape index (κ2) is 11.1. The molecule has 0 aliphatic carbocycles. The standard InChI is InChI=1S/C23H24ClNO5S/c1-3-28-15-23(31-21-9-7-17(24)8-10-21)30-20-6-4-5-19(13-20)29-14-18-11-16(2)12-22(26)25(18)27/h4-13,23,27H,3,14-15H2,1-2H3. The van der Waals surface area contributed by atoms with E-state index in [0.717, 1.165) is 10.5 Å². The summed E-state index contributed by atoms with van der Waals surface area (Å²) in [5, 5.41) is 10.6. The molecule has 0 amide bonds. The molecule has 1 N–H and O–H groups in total. The van der Waals surface area contributed by atoms with E-state index in [1.807, 2.05) is 43.3 Å². The molecule has 6 nitrogen and oxygen atoms in total. The molecule has 1 unspecified atom stereocenters. The molecule has 0 saturated carbocycles. The van der Waals surface area contributed by atoms with Crippen molar-refractivity contribution in [1.82, 2.24) is 4.73 Å². The van der Waals surface area contributed by atoms with Gasteiger partial charge in [-0.3, -0.25) is 4.79 Å². The van der Waals surface area contributed by atoms with Gasteiger partial charge in [0, 0.05) is 28.7 Å². The molecule has 164 valence electrons. The fourth-order valence-electron chi connectivity index (χ4n) is 2.78. The molecule has 1 atom stereocenters. The Bertz CT molecular complexity index is 1050. The molecule has 0 bridgehead atoms. The Morgan fingerprint density at radius 3 is 2.58 bits per heavy atom. The average Bonchev–Trinajstić information content (AvgIpc) is 2.75. The minimum Gasteiger partial charge on any atom is -0.487 e. The topological polar surface area (TPSA) is 69.9 Å². The molecule has 2 aromatic carbocycles. The molecular formula is C23H24ClNO5S. The van der Waals surface area contributed by atoms with Crippen molar-refractivity contribution in [3.05, 3.63) is 87.3 Å². The predicted molar refractivity (Wildman–Crippen MR) is 122 cm³/mol. The van der Waals surface area contributed by atoms with Crippen LogP contribution in [0.1, 0.15) is 18.2 Å². The Labute approximate surface area is 190 Å². The normalized spacial score (nSPS) is 11.8. The summed E-state index contributed by atoms with van der Waals surface area (Å²) in [6.45, 7) is 4.76. The third-order valence-corrected chi connectivity index (χ3v) is 5.52. The quantitative estimate of drug-likeness (QED) is 0.255. The minimum atomic E-state index is -0.492. The second-order valence-electron chi connectivity index (χ2n) is 6.72. The smallest absolute Gasteiger partial charge is 0.283 e. The molecule has 0 aliphatic heterocycles. The van der Waals surface area contributed by atoms with E-state index < -0.39 is 5.56 Å². The van der Waals surface area contributed by atoms with Gasteiger partial charge in [-0.2, -0.15) is 0 Å². The minimum absolute atomic E-state index is 0.0404. The van der Waals surface area contributed by atoms with E-state index in [9.17, 15) is 10.0 Å². The highest BCUT2D eigenvalue weighted by Gasteiger charge is 2.14. The highest BCUT2D eigenvalue weighted by atomic mass is 35.5. The summed E-state index contributed by atoms with van der Waals surface area (Å²) in [4.78, 5) is 12.7. The van der Waals surface area contributed by atoms with Gasteiger partial charge in [0.15, 0.2) is 5.44 Å². The first-order chi connectivity index (χ1) is 14.9. The molecule has 1 aromatic heterocycles. The van der Waals surface area contributed by atoms with Crippen LogP contribution < -0.4 is 15.0 Å². The number of aryl methyl sites for hydroxylation is 1. The zero-order valence-corrected chi connectivity index (χ0v) is 18.9. The van der Waals surface area contributed by atoms with Crippen LogP contribution in [0.3, 0.4) is 0 Å². The van der Waals surface area contributed by atoms with Crippen molar-refractivity contribution >= 4 is 23.4 Å². The third kappa shape index (κ3) is 6.95. The number of halogens is 1. The van der Waals surface area contributed by atoms with Gasteiger partial charge in [-0.15, -0.1) is 4.73 Å². The maximum atomic E-state index is 11.7. The summed E-state index contributed by atoms with van der Waals surface area (Å²) in [6.07, 6.45) is 0. The summed E-state index contributed by atoms with van der Waals surface area (Å²) >= 11 is 7.50. The first-order valence-electron chi connectivity index (χ1n) is 9.76. The fourth-order valence-corrected chi connectivity index (χ4v) is 3.83. The third-order valence-electron chi connectivity index (χ3n) is 4.23. The molecule has 3 rings (SSSR count). The number of pyridine rings is 1. The average molecular weight is 462 g/mol. The molecule has 0 aliphatic rings. The lowest BCUT2D eigenvalue weighted by atomic mass is 10.2. The summed E-state index contributed by atoms with van der Waals surface area (Å²) < 4.78 is 18.1. The highest BCUT2D eigenvalue weighted by Crippen LogP contribution is 2.29. The zero-order chi connectivity index (χ0) is 22.2. The van der Waals surface area contributed by atoms with Gasteiger partial charge < -0.3 is 19.4 Å². The number of hydrogen-bond donors (Lipinski definition) is 1. The van der Waals surface area contributed by atoms with E-state index in [2.05, 4.69) is 0 Å². The van der Waals surface area contributed by atoms with Gasteiger partial charge in [-0.25, -0.2) is 0 Å². The van der Waals surface area contributed by atoms with Crippen molar-refractivity contribution in [2.24, 2.45) is 0 Å². The van der Waals surface area contributed by atoms with Gasteiger partial charge in [-0.1, -0.05) is 29.4 Å². The van der Waals surface area contributed by atoms with E-state index >= 15 is 0 Å². The van der Waals surface area contributed by atoms with Crippen LogP contribution in [0.4, 0.5) is 0 Å². The number of ether oxygens (including phenoxy) is 3. The van der Waals surface area contributed by atoms with Gasteiger partial charge in [0.2, 0.25) is 0 Å². The number of nitrogens with zero attached hydrogens (tertiary/aromatic N) is 1. The lowest BCUT2D eigenvalue weighted by Gasteiger charge is -2.19. The number of rotatable bonds is 10. The van der Waals surface area contributed by atoms with Crippen molar-refractivity contribution in [1.29, 1.82) is 0 Å². The van der Waals surface area contributed by atoms with Crippen LogP contribution in [0.2, 0.25) is 5.02 Å². The SMILES string of the molecule is CCOCC(Oc1cccc(OCc2cc(C)cc(=O)n2O)c1)Sc1ccc(Cl)cc1. The predicted octanol–water partition coefficient (Wildman–Crippen LogP) is 5.16. The van der Waals surface area contributed by atoms with Crippen LogP contribution in [0, 0.1) is 6.92 Å². The van der Waals surface area contributed by atoms with Crippen LogP contribution in [0.15, 0.2) is 70.4 Å². The van der Waals surface area contributed by atoms with E-state index in [4.69, 9.17) is 25.8 Å². The maximum Gasteiger partial charge on any atom is 0.283 e.